The fraction of sp³-hybridized carbons (Fsp3) is 0.500. The van der Waals surface area contributed by atoms with Gasteiger partial charge in [0.05, 0.1) is 17.9 Å². The zero-order valence-corrected chi connectivity index (χ0v) is 5.56. The van der Waals surface area contributed by atoms with Crippen LogP contribution in [0, 0.1) is 0 Å². The van der Waals surface area contributed by atoms with E-state index in [2.05, 4.69) is 0 Å². The van der Waals surface area contributed by atoms with Gasteiger partial charge < -0.3 is 4.74 Å². The highest BCUT2D eigenvalue weighted by Crippen LogP contribution is 2.34. The van der Waals surface area contributed by atoms with Crippen molar-refractivity contribution in [1.29, 1.82) is 0 Å². The van der Waals surface area contributed by atoms with Crippen LogP contribution in [0.4, 0.5) is 0 Å². The SMILES string of the molecule is O=C1CC2OC=CC2S1. The molecule has 0 aromatic carbocycles. The Hall–Kier alpha value is -0.440. The Morgan fingerprint density at radius 1 is 1.78 bits per heavy atom. The molecule has 9 heavy (non-hydrogen) atoms. The van der Waals surface area contributed by atoms with Crippen molar-refractivity contribution in [2.45, 2.75) is 17.8 Å². The van der Waals surface area contributed by atoms with E-state index in [1.807, 2.05) is 6.08 Å². The molecule has 3 heteroatoms. The molecule has 2 nitrogen and oxygen atoms in total. The fourth-order valence-corrected chi connectivity index (χ4v) is 2.09. The molecule has 0 bridgehead atoms. The Balaban J connectivity index is 2.17. The summed E-state index contributed by atoms with van der Waals surface area (Å²) in [4.78, 5) is 10.7. The van der Waals surface area contributed by atoms with Crippen molar-refractivity contribution in [1.82, 2.24) is 0 Å². The molecule has 0 spiro atoms. The van der Waals surface area contributed by atoms with Crippen molar-refractivity contribution >= 4 is 16.9 Å². The second kappa shape index (κ2) is 1.77. The number of carbonyl (C=O) groups is 1. The molecule has 2 unspecified atom stereocenters. The summed E-state index contributed by atoms with van der Waals surface area (Å²) in [6, 6.07) is 0. The van der Waals surface area contributed by atoms with Gasteiger partial charge in [-0.15, -0.1) is 0 Å². The highest BCUT2D eigenvalue weighted by molar-refractivity contribution is 8.14. The number of ether oxygens (including phenoxy) is 1. The standard InChI is InChI=1S/C6H6O2S/c7-6-3-4-5(9-6)1-2-8-4/h1-2,4-5H,3H2. The van der Waals surface area contributed by atoms with Gasteiger partial charge in [-0.3, -0.25) is 4.79 Å². The van der Waals surface area contributed by atoms with E-state index >= 15 is 0 Å². The van der Waals surface area contributed by atoms with Gasteiger partial charge in [-0.25, -0.2) is 0 Å². The molecule has 0 saturated carbocycles. The van der Waals surface area contributed by atoms with E-state index in [0.29, 0.717) is 11.7 Å². The van der Waals surface area contributed by atoms with Crippen LogP contribution < -0.4 is 0 Å². The molecule has 2 rings (SSSR count). The van der Waals surface area contributed by atoms with E-state index in [-0.39, 0.29) is 11.2 Å². The monoisotopic (exact) mass is 142 g/mol. The average Bonchev–Trinajstić information content (AvgIpc) is 2.22. The molecule has 1 fully saturated rings. The molecule has 0 amide bonds. The van der Waals surface area contributed by atoms with E-state index < -0.39 is 0 Å². The molecule has 1 saturated heterocycles. The lowest BCUT2D eigenvalue weighted by molar-refractivity contribution is -0.111. The lowest BCUT2D eigenvalue weighted by atomic mass is 10.2. The van der Waals surface area contributed by atoms with Crippen LogP contribution in [0.5, 0.6) is 0 Å². The van der Waals surface area contributed by atoms with Gasteiger partial charge in [0.15, 0.2) is 5.12 Å². The van der Waals surface area contributed by atoms with Crippen LogP contribution in [0.2, 0.25) is 0 Å². The number of carbonyl (C=O) groups excluding carboxylic acids is 1. The molecule has 0 aliphatic carbocycles. The molecule has 0 N–H and O–H groups in total. The fourth-order valence-electron chi connectivity index (χ4n) is 1.07. The number of hydrogen-bond donors (Lipinski definition) is 0. The van der Waals surface area contributed by atoms with E-state index in [4.69, 9.17) is 4.74 Å². The van der Waals surface area contributed by atoms with Crippen LogP contribution in [-0.2, 0) is 9.53 Å². The summed E-state index contributed by atoms with van der Waals surface area (Å²) in [5.74, 6) is 0. The average molecular weight is 142 g/mol. The zero-order valence-electron chi connectivity index (χ0n) is 4.74. The number of rotatable bonds is 0. The second-order valence-electron chi connectivity index (χ2n) is 2.16. The van der Waals surface area contributed by atoms with Crippen molar-refractivity contribution in [3.8, 4) is 0 Å². The summed E-state index contributed by atoms with van der Waals surface area (Å²) in [6.07, 6.45) is 4.37. The topological polar surface area (TPSA) is 26.3 Å². The Bertz CT molecular complexity index is 176. The maximum atomic E-state index is 10.7. The zero-order chi connectivity index (χ0) is 6.27. The van der Waals surface area contributed by atoms with Crippen LogP contribution in [0.1, 0.15) is 6.42 Å². The lowest BCUT2D eigenvalue weighted by Crippen LogP contribution is -2.11. The normalized spacial score (nSPS) is 38.9. The first-order valence-corrected chi connectivity index (χ1v) is 3.76. The van der Waals surface area contributed by atoms with Crippen molar-refractivity contribution in [3.05, 3.63) is 12.3 Å². The summed E-state index contributed by atoms with van der Waals surface area (Å²) < 4.78 is 5.13. The van der Waals surface area contributed by atoms with Gasteiger partial charge >= 0.3 is 0 Å². The van der Waals surface area contributed by atoms with Crippen LogP contribution in [0.15, 0.2) is 12.3 Å². The summed E-state index contributed by atoms with van der Waals surface area (Å²) in [7, 11) is 0. The summed E-state index contributed by atoms with van der Waals surface area (Å²) in [5.41, 5.74) is 0. The molecule has 0 aromatic heterocycles. The highest BCUT2D eigenvalue weighted by Gasteiger charge is 2.35. The molecular formula is C6H6O2S. The van der Waals surface area contributed by atoms with E-state index in [1.54, 1.807) is 6.26 Å². The smallest absolute Gasteiger partial charge is 0.193 e. The van der Waals surface area contributed by atoms with E-state index in [0.717, 1.165) is 0 Å². The first-order chi connectivity index (χ1) is 4.36. The molecule has 48 valence electrons. The van der Waals surface area contributed by atoms with Crippen molar-refractivity contribution in [2.75, 3.05) is 0 Å². The second-order valence-corrected chi connectivity index (χ2v) is 3.40. The third-order valence-electron chi connectivity index (χ3n) is 1.52. The number of thioether (sulfide) groups is 1. The van der Waals surface area contributed by atoms with Gasteiger partial charge in [-0.1, -0.05) is 11.8 Å². The van der Waals surface area contributed by atoms with Gasteiger partial charge in [-0.2, -0.15) is 0 Å². The molecular weight excluding hydrogens is 136 g/mol. The Morgan fingerprint density at radius 3 is 3.44 bits per heavy atom. The van der Waals surface area contributed by atoms with Gasteiger partial charge in [0, 0.05) is 0 Å². The minimum Gasteiger partial charge on any atom is -0.496 e. The Kier molecular flexibility index (Phi) is 1.05. The number of hydrogen-bond acceptors (Lipinski definition) is 3. The van der Waals surface area contributed by atoms with Crippen LogP contribution in [0.3, 0.4) is 0 Å². The predicted octanol–water partition coefficient (Wildman–Crippen LogP) is 0.931. The number of fused-ring (bicyclic) bond motifs is 1. The molecule has 2 atom stereocenters. The van der Waals surface area contributed by atoms with Crippen LogP contribution in [0.25, 0.3) is 0 Å². The minimum absolute atomic E-state index is 0.155. The van der Waals surface area contributed by atoms with Crippen molar-refractivity contribution in [3.63, 3.8) is 0 Å². The maximum absolute atomic E-state index is 10.7. The third-order valence-corrected chi connectivity index (χ3v) is 2.69. The lowest BCUT2D eigenvalue weighted by Gasteiger charge is -2.03. The predicted molar refractivity (Wildman–Crippen MR) is 35.0 cm³/mol. The molecule has 0 radical (unpaired) electrons. The summed E-state index contributed by atoms with van der Waals surface area (Å²) >= 11 is 1.39. The van der Waals surface area contributed by atoms with Crippen molar-refractivity contribution < 1.29 is 9.53 Å². The van der Waals surface area contributed by atoms with E-state index in [9.17, 15) is 4.79 Å². The molecule has 2 aliphatic rings. The van der Waals surface area contributed by atoms with Crippen molar-refractivity contribution in [2.24, 2.45) is 0 Å². The largest absolute Gasteiger partial charge is 0.496 e. The van der Waals surface area contributed by atoms with Gasteiger partial charge in [0.1, 0.15) is 6.10 Å². The first-order valence-electron chi connectivity index (χ1n) is 2.88. The molecule has 2 heterocycles. The van der Waals surface area contributed by atoms with Gasteiger partial charge in [-0.05, 0) is 6.08 Å². The molecule has 0 aromatic rings. The van der Waals surface area contributed by atoms with Gasteiger partial charge in [0.25, 0.3) is 0 Å². The maximum Gasteiger partial charge on any atom is 0.193 e. The van der Waals surface area contributed by atoms with Crippen LogP contribution in [-0.4, -0.2) is 16.5 Å². The first kappa shape index (κ1) is 5.35. The molecule has 2 aliphatic heterocycles. The summed E-state index contributed by atoms with van der Waals surface area (Å²) in [5, 5.41) is 0.576. The van der Waals surface area contributed by atoms with E-state index in [1.165, 1.54) is 11.8 Å². The minimum atomic E-state index is 0.155. The highest BCUT2D eigenvalue weighted by atomic mass is 32.2. The third kappa shape index (κ3) is 0.758. The van der Waals surface area contributed by atoms with Crippen LogP contribution >= 0.6 is 11.8 Å². The quantitative estimate of drug-likeness (QED) is 0.503. The summed E-state index contributed by atoms with van der Waals surface area (Å²) in [6.45, 7) is 0. The Labute approximate surface area is 57.3 Å². The van der Waals surface area contributed by atoms with Gasteiger partial charge in [0.2, 0.25) is 0 Å². The Morgan fingerprint density at radius 2 is 2.67 bits per heavy atom.